The normalized spacial score (nSPS) is 11.9. The predicted octanol–water partition coefficient (Wildman–Crippen LogP) is 1.16. The fraction of sp³-hybridized carbons (Fsp3) is 0.357. The molecule has 1 heterocycles. The number of aromatic nitrogens is 2. The Balaban J connectivity index is 2.15. The number of hydrogen-bond acceptors (Lipinski definition) is 6. The molecule has 2 aromatic rings. The van der Waals surface area contributed by atoms with Crippen molar-refractivity contribution >= 4 is 6.09 Å². The van der Waals surface area contributed by atoms with E-state index in [1.165, 1.54) is 0 Å². The van der Waals surface area contributed by atoms with E-state index in [-0.39, 0.29) is 24.8 Å². The standard InChI is InChI=1S/C14H17N3O5/c1-21-10-4-2-9(3-5-10)8-11(15-14(19)20)13-17-16-12(22-13)6-7-18/h2-5,11,15,18H,6-8H2,1H3,(H,19,20). The van der Waals surface area contributed by atoms with Crippen LogP contribution in [0.15, 0.2) is 28.7 Å². The molecule has 0 aliphatic rings. The van der Waals surface area contributed by atoms with Crippen LogP contribution in [0.2, 0.25) is 0 Å². The van der Waals surface area contributed by atoms with E-state index in [0.717, 1.165) is 11.3 Å². The van der Waals surface area contributed by atoms with Crippen molar-refractivity contribution in [2.45, 2.75) is 18.9 Å². The molecule has 1 aromatic heterocycles. The van der Waals surface area contributed by atoms with Gasteiger partial charge in [0.25, 0.3) is 0 Å². The van der Waals surface area contributed by atoms with Crippen molar-refractivity contribution in [2.24, 2.45) is 0 Å². The zero-order valence-corrected chi connectivity index (χ0v) is 12.0. The average Bonchev–Trinajstić information content (AvgIpc) is 2.96. The molecule has 0 saturated heterocycles. The largest absolute Gasteiger partial charge is 0.497 e. The SMILES string of the molecule is COc1ccc(CC(NC(=O)O)c2nnc(CCO)o2)cc1. The van der Waals surface area contributed by atoms with Gasteiger partial charge in [0, 0.05) is 12.8 Å². The second kappa shape index (κ2) is 7.41. The molecule has 118 valence electrons. The van der Waals surface area contributed by atoms with Crippen molar-refractivity contribution in [3.8, 4) is 5.75 Å². The summed E-state index contributed by atoms with van der Waals surface area (Å²) < 4.78 is 10.5. The number of methoxy groups -OCH3 is 1. The summed E-state index contributed by atoms with van der Waals surface area (Å²) in [6, 6.07) is 6.59. The quantitative estimate of drug-likeness (QED) is 0.702. The van der Waals surface area contributed by atoms with E-state index in [2.05, 4.69) is 15.5 Å². The summed E-state index contributed by atoms with van der Waals surface area (Å²) >= 11 is 0. The molecule has 0 fully saturated rings. The molecule has 22 heavy (non-hydrogen) atoms. The maximum atomic E-state index is 10.9. The van der Waals surface area contributed by atoms with Crippen LogP contribution in [0.5, 0.6) is 5.75 Å². The highest BCUT2D eigenvalue weighted by molar-refractivity contribution is 5.65. The van der Waals surface area contributed by atoms with E-state index in [1.807, 2.05) is 12.1 Å². The highest BCUT2D eigenvalue weighted by atomic mass is 16.5. The number of carbonyl (C=O) groups is 1. The van der Waals surface area contributed by atoms with Gasteiger partial charge in [0.05, 0.1) is 13.7 Å². The van der Waals surface area contributed by atoms with E-state index < -0.39 is 12.1 Å². The fourth-order valence-electron chi connectivity index (χ4n) is 1.95. The Kier molecular flexibility index (Phi) is 5.31. The van der Waals surface area contributed by atoms with Crippen molar-refractivity contribution in [1.82, 2.24) is 15.5 Å². The molecule has 0 spiro atoms. The van der Waals surface area contributed by atoms with Crippen LogP contribution in [-0.4, -0.2) is 40.2 Å². The minimum Gasteiger partial charge on any atom is -0.497 e. The second-order valence-corrected chi connectivity index (χ2v) is 4.56. The highest BCUT2D eigenvalue weighted by Crippen LogP contribution is 2.20. The van der Waals surface area contributed by atoms with E-state index in [4.69, 9.17) is 19.4 Å². The molecule has 8 nitrogen and oxygen atoms in total. The van der Waals surface area contributed by atoms with Crippen LogP contribution in [0.3, 0.4) is 0 Å². The summed E-state index contributed by atoms with van der Waals surface area (Å²) in [6.07, 6.45) is -0.591. The van der Waals surface area contributed by atoms with Gasteiger partial charge in [-0.25, -0.2) is 4.79 Å². The number of aliphatic hydroxyl groups excluding tert-OH is 1. The third-order valence-corrected chi connectivity index (χ3v) is 3.00. The Morgan fingerprint density at radius 1 is 1.36 bits per heavy atom. The molecule has 2 rings (SSSR count). The zero-order chi connectivity index (χ0) is 15.9. The molecule has 0 radical (unpaired) electrons. The van der Waals surface area contributed by atoms with Gasteiger partial charge in [-0.05, 0) is 17.7 Å². The lowest BCUT2D eigenvalue weighted by Gasteiger charge is -2.13. The summed E-state index contributed by atoms with van der Waals surface area (Å²) in [6.45, 7) is -0.114. The molecule has 3 N–H and O–H groups in total. The molecule has 0 saturated carbocycles. The lowest BCUT2D eigenvalue weighted by molar-refractivity contribution is 0.187. The number of nitrogens with one attached hydrogen (secondary N) is 1. The Morgan fingerprint density at radius 3 is 2.68 bits per heavy atom. The van der Waals surface area contributed by atoms with Crippen LogP contribution in [-0.2, 0) is 12.8 Å². The highest BCUT2D eigenvalue weighted by Gasteiger charge is 2.21. The van der Waals surface area contributed by atoms with Gasteiger partial charge in [-0.1, -0.05) is 12.1 Å². The topological polar surface area (TPSA) is 118 Å². The van der Waals surface area contributed by atoms with Crippen LogP contribution in [0.4, 0.5) is 4.79 Å². The molecular weight excluding hydrogens is 290 g/mol. The van der Waals surface area contributed by atoms with Gasteiger partial charge in [0.1, 0.15) is 11.8 Å². The number of ether oxygens (including phenoxy) is 1. The molecule has 0 bridgehead atoms. The third kappa shape index (κ3) is 4.19. The van der Waals surface area contributed by atoms with Crippen LogP contribution in [0, 0.1) is 0 Å². The number of carboxylic acid groups (broad SMARTS) is 1. The number of aliphatic hydroxyl groups is 1. The monoisotopic (exact) mass is 307 g/mol. The first-order valence-corrected chi connectivity index (χ1v) is 6.68. The van der Waals surface area contributed by atoms with Crippen LogP contribution in [0.25, 0.3) is 0 Å². The molecule has 1 atom stereocenters. The lowest BCUT2D eigenvalue weighted by Crippen LogP contribution is -2.28. The van der Waals surface area contributed by atoms with Gasteiger partial charge < -0.3 is 24.7 Å². The first-order chi connectivity index (χ1) is 10.6. The van der Waals surface area contributed by atoms with Crippen molar-refractivity contribution in [1.29, 1.82) is 0 Å². The smallest absolute Gasteiger partial charge is 0.405 e. The van der Waals surface area contributed by atoms with E-state index in [9.17, 15) is 4.79 Å². The van der Waals surface area contributed by atoms with Crippen molar-refractivity contribution in [2.75, 3.05) is 13.7 Å². The molecule has 1 amide bonds. The summed E-state index contributed by atoms with van der Waals surface area (Å²) in [5.74, 6) is 1.15. The number of hydrogen-bond donors (Lipinski definition) is 3. The Bertz CT molecular complexity index is 611. The van der Waals surface area contributed by atoms with E-state index in [0.29, 0.717) is 6.42 Å². The number of nitrogens with zero attached hydrogens (tertiary/aromatic N) is 2. The fourth-order valence-corrected chi connectivity index (χ4v) is 1.95. The van der Waals surface area contributed by atoms with Gasteiger partial charge in [-0.15, -0.1) is 10.2 Å². The van der Waals surface area contributed by atoms with Gasteiger partial charge in [-0.2, -0.15) is 0 Å². The summed E-state index contributed by atoms with van der Waals surface area (Å²) in [7, 11) is 1.57. The van der Waals surface area contributed by atoms with Gasteiger partial charge >= 0.3 is 6.09 Å². The number of rotatable bonds is 7. The van der Waals surface area contributed by atoms with Gasteiger partial charge in [0.2, 0.25) is 11.8 Å². The van der Waals surface area contributed by atoms with Crippen molar-refractivity contribution in [3.63, 3.8) is 0 Å². The lowest BCUT2D eigenvalue weighted by atomic mass is 10.1. The third-order valence-electron chi connectivity index (χ3n) is 3.00. The van der Waals surface area contributed by atoms with Crippen LogP contribution in [0.1, 0.15) is 23.4 Å². The minimum atomic E-state index is -1.18. The maximum absolute atomic E-state index is 10.9. The first kappa shape index (κ1) is 15.8. The van der Waals surface area contributed by atoms with Crippen molar-refractivity contribution in [3.05, 3.63) is 41.6 Å². The van der Waals surface area contributed by atoms with E-state index in [1.54, 1.807) is 19.2 Å². The summed E-state index contributed by atoms with van der Waals surface area (Å²) in [5, 5.41) is 27.8. The molecule has 1 unspecified atom stereocenters. The Morgan fingerprint density at radius 2 is 2.09 bits per heavy atom. The Hall–Kier alpha value is -2.61. The van der Waals surface area contributed by atoms with Crippen molar-refractivity contribution < 1.29 is 24.2 Å². The molecule has 0 aliphatic carbocycles. The molecule has 8 heteroatoms. The first-order valence-electron chi connectivity index (χ1n) is 6.68. The maximum Gasteiger partial charge on any atom is 0.405 e. The number of amides is 1. The Labute approximate surface area is 126 Å². The number of benzene rings is 1. The van der Waals surface area contributed by atoms with Crippen LogP contribution >= 0.6 is 0 Å². The predicted molar refractivity (Wildman–Crippen MR) is 75.7 cm³/mol. The van der Waals surface area contributed by atoms with Crippen LogP contribution < -0.4 is 10.1 Å². The van der Waals surface area contributed by atoms with Gasteiger partial charge in [-0.3, -0.25) is 0 Å². The zero-order valence-electron chi connectivity index (χ0n) is 12.0. The summed E-state index contributed by atoms with van der Waals surface area (Å²) in [4.78, 5) is 10.9. The minimum absolute atomic E-state index is 0.114. The summed E-state index contributed by atoms with van der Waals surface area (Å²) in [5.41, 5.74) is 0.890. The molecule has 0 aliphatic heterocycles. The second-order valence-electron chi connectivity index (χ2n) is 4.56. The molecular formula is C14H17N3O5. The van der Waals surface area contributed by atoms with E-state index >= 15 is 0 Å². The molecule has 1 aromatic carbocycles. The average molecular weight is 307 g/mol. The van der Waals surface area contributed by atoms with Gasteiger partial charge in [0.15, 0.2) is 0 Å².